The van der Waals surface area contributed by atoms with Crippen LogP contribution >= 0.6 is 11.8 Å². The molecule has 1 amide bonds. The Kier molecular flexibility index (Phi) is 6.16. The molecule has 0 aliphatic heterocycles. The molecule has 0 atom stereocenters. The average Bonchev–Trinajstić information content (AvgIpc) is 2.69. The molecule has 1 aromatic heterocycles. The van der Waals surface area contributed by atoms with E-state index in [1.807, 2.05) is 86.8 Å². The third-order valence-corrected chi connectivity index (χ3v) is 4.79. The van der Waals surface area contributed by atoms with Crippen molar-refractivity contribution in [3.63, 3.8) is 0 Å². The first kappa shape index (κ1) is 19.7. The summed E-state index contributed by atoms with van der Waals surface area (Å²) in [5.74, 6) is 1.24. The number of nitrogens with zero attached hydrogens (tertiary/aromatic N) is 3. The van der Waals surface area contributed by atoms with Crippen molar-refractivity contribution in [3.05, 3.63) is 65.9 Å². The number of thioether (sulfide) groups is 1. The number of aromatic nitrogens is 2. The van der Waals surface area contributed by atoms with Gasteiger partial charge in [0.25, 0.3) is 5.91 Å². The van der Waals surface area contributed by atoms with Crippen LogP contribution in [0.25, 0.3) is 0 Å². The first-order chi connectivity index (χ1) is 13.4. The van der Waals surface area contributed by atoms with E-state index < -0.39 is 0 Å². The SMILES string of the molecule is CSc1ccc(C(=O)Nc2ccc(Nc3nc(C)cc(N(C)C)n3)cc2)cc1. The highest BCUT2D eigenvalue weighted by Gasteiger charge is 2.07. The molecule has 0 aliphatic carbocycles. The number of aryl methyl sites for hydroxylation is 1. The zero-order valence-electron chi connectivity index (χ0n) is 16.4. The van der Waals surface area contributed by atoms with Gasteiger partial charge in [-0.2, -0.15) is 4.98 Å². The summed E-state index contributed by atoms with van der Waals surface area (Å²) in [6.45, 7) is 1.93. The fourth-order valence-corrected chi connectivity index (χ4v) is 2.96. The minimum atomic E-state index is -0.133. The van der Waals surface area contributed by atoms with Crippen LogP contribution in [0.3, 0.4) is 0 Å². The molecule has 3 aromatic rings. The topological polar surface area (TPSA) is 70.2 Å². The summed E-state index contributed by atoms with van der Waals surface area (Å²) < 4.78 is 0. The Morgan fingerprint density at radius 1 is 0.964 bits per heavy atom. The van der Waals surface area contributed by atoms with E-state index in [4.69, 9.17) is 0 Å². The quantitative estimate of drug-likeness (QED) is 0.598. The predicted octanol–water partition coefficient (Wildman–Crippen LogP) is 4.57. The lowest BCUT2D eigenvalue weighted by Crippen LogP contribution is -2.13. The number of carbonyl (C=O) groups is 1. The Bertz CT molecular complexity index is 956. The number of rotatable bonds is 6. The van der Waals surface area contributed by atoms with E-state index >= 15 is 0 Å². The van der Waals surface area contributed by atoms with Crippen LogP contribution in [0, 0.1) is 6.92 Å². The monoisotopic (exact) mass is 393 g/mol. The van der Waals surface area contributed by atoms with Gasteiger partial charge in [-0.25, -0.2) is 4.98 Å². The molecule has 0 fully saturated rings. The van der Waals surface area contributed by atoms with E-state index in [1.54, 1.807) is 11.8 Å². The van der Waals surface area contributed by atoms with Gasteiger partial charge in [0.05, 0.1) is 0 Å². The summed E-state index contributed by atoms with van der Waals surface area (Å²) in [5.41, 5.74) is 3.09. The maximum absolute atomic E-state index is 12.4. The minimum absolute atomic E-state index is 0.133. The predicted molar refractivity (Wildman–Crippen MR) is 117 cm³/mol. The molecule has 1 heterocycles. The van der Waals surface area contributed by atoms with Crippen LogP contribution in [0.2, 0.25) is 0 Å². The highest BCUT2D eigenvalue weighted by molar-refractivity contribution is 7.98. The summed E-state index contributed by atoms with van der Waals surface area (Å²) in [5, 5.41) is 6.11. The summed E-state index contributed by atoms with van der Waals surface area (Å²) in [6.07, 6.45) is 2.01. The molecular weight excluding hydrogens is 370 g/mol. The molecule has 0 unspecified atom stereocenters. The second kappa shape index (κ2) is 8.75. The molecule has 28 heavy (non-hydrogen) atoms. The van der Waals surface area contributed by atoms with Gasteiger partial charge in [0, 0.05) is 47.7 Å². The first-order valence-electron chi connectivity index (χ1n) is 8.80. The molecule has 2 aromatic carbocycles. The second-order valence-electron chi connectivity index (χ2n) is 6.47. The van der Waals surface area contributed by atoms with Gasteiger partial charge >= 0.3 is 0 Å². The second-order valence-corrected chi connectivity index (χ2v) is 7.35. The Morgan fingerprint density at radius 2 is 1.61 bits per heavy atom. The number of anilines is 4. The Morgan fingerprint density at radius 3 is 2.21 bits per heavy atom. The first-order valence-corrected chi connectivity index (χ1v) is 10.0. The van der Waals surface area contributed by atoms with Gasteiger partial charge in [0.1, 0.15) is 5.82 Å². The molecule has 0 aliphatic rings. The van der Waals surface area contributed by atoms with E-state index in [0.717, 1.165) is 27.8 Å². The zero-order valence-corrected chi connectivity index (χ0v) is 17.2. The Labute approximate surface area is 169 Å². The van der Waals surface area contributed by atoms with Gasteiger partial charge in [0.2, 0.25) is 5.95 Å². The van der Waals surface area contributed by atoms with Crippen molar-refractivity contribution in [1.82, 2.24) is 9.97 Å². The fourth-order valence-electron chi connectivity index (χ4n) is 2.55. The number of carbonyl (C=O) groups excluding carboxylic acids is 1. The van der Waals surface area contributed by atoms with E-state index in [1.165, 1.54) is 0 Å². The summed E-state index contributed by atoms with van der Waals surface area (Å²) in [4.78, 5) is 24.3. The Balaban J connectivity index is 1.67. The van der Waals surface area contributed by atoms with Crippen molar-refractivity contribution in [3.8, 4) is 0 Å². The van der Waals surface area contributed by atoms with Crippen molar-refractivity contribution in [2.24, 2.45) is 0 Å². The van der Waals surface area contributed by atoms with E-state index in [-0.39, 0.29) is 5.91 Å². The van der Waals surface area contributed by atoms with Gasteiger partial charge in [-0.05, 0) is 61.7 Å². The van der Waals surface area contributed by atoms with Crippen molar-refractivity contribution in [2.75, 3.05) is 35.9 Å². The summed E-state index contributed by atoms with van der Waals surface area (Å²) in [6, 6.07) is 16.9. The number of amides is 1. The zero-order chi connectivity index (χ0) is 20.1. The van der Waals surface area contributed by atoms with Crippen LogP contribution < -0.4 is 15.5 Å². The molecule has 0 spiro atoms. The van der Waals surface area contributed by atoms with E-state index in [2.05, 4.69) is 20.6 Å². The van der Waals surface area contributed by atoms with E-state index in [9.17, 15) is 4.79 Å². The maximum Gasteiger partial charge on any atom is 0.255 e. The van der Waals surface area contributed by atoms with Crippen LogP contribution in [0.5, 0.6) is 0 Å². The molecule has 0 saturated heterocycles. The molecular formula is C21H23N5OS. The smallest absolute Gasteiger partial charge is 0.255 e. The number of hydrogen-bond acceptors (Lipinski definition) is 6. The fraction of sp³-hybridized carbons (Fsp3) is 0.190. The van der Waals surface area contributed by atoms with E-state index in [0.29, 0.717) is 11.5 Å². The number of hydrogen-bond donors (Lipinski definition) is 2. The van der Waals surface area contributed by atoms with Crippen LogP contribution in [0.4, 0.5) is 23.1 Å². The standard InChI is InChI=1S/C21H23N5OS/c1-14-13-19(26(2)3)25-21(22-14)24-17-9-7-16(8-10-17)23-20(27)15-5-11-18(28-4)12-6-15/h5-13H,1-4H3,(H,23,27)(H,22,24,25). The molecule has 6 nitrogen and oxygen atoms in total. The van der Waals surface area contributed by atoms with Gasteiger partial charge in [-0.15, -0.1) is 11.8 Å². The molecule has 2 N–H and O–H groups in total. The molecule has 7 heteroatoms. The van der Waals surface area contributed by atoms with Crippen molar-refractivity contribution in [2.45, 2.75) is 11.8 Å². The molecule has 0 saturated carbocycles. The lowest BCUT2D eigenvalue weighted by Gasteiger charge is -2.14. The maximum atomic E-state index is 12.4. The molecule has 144 valence electrons. The molecule has 0 bridgehead atoms. The number of benzene rings is 2. The van der Waals surface area contributed by atoms with Gasteiger partial charge < -0.3 is 15.5 Å². The van der Waals surface area contributed by atoms with Crippen LogP contribution in [0.1, 0.15) is 16.1 Å². The summed E-state index contributed by atoms with van der Waals surface area (Å²) in [7, 11) is 3.88. The van der Waals surface area contributed by atoms with Gasteiger partial charge in [-0.1, -0.05) is 0 Å². The lowest BCUT2D eigenvalue weighted by molar-refractivity contribution is 0.102. The molecule has 0 radical (unpaired) electrons. The van der Waals surface area contributed by atoms with Crippen LogP contribution in [-0.2, 0) is 0 Å². The lowest BCUT2D eigenvalue weighted by atomic mass is 10.2. The number of nitrogens with one attached hydrogen (secondary N) is 2. The van der Waals surface area contributed by atoms with Crippen molar-refractivity contribution in [1.29, 1.82) is 0 Å². The third-order valence-electron chi connectivity index (χ3n) is 4.05. The highest BCUT2D eigenvalue weighted by Crippen LogP contribution is 2.20. The normalized spacial score (nSPS) is 10.4. The van der Waals surface area contributed by atoms with Crippen LogP contribution in [0.15, 0.2) is 59.5 Å². The Hall–Kier alpha value is -3.06. The minimum Gasteiger partial charge on any atom is -0.363 e. The highest BCUT2D eigenvalue weighted by atomic mass is 32.2. The molecule has 3 rings (SSSR count). The van der Waals surface area contributed by atoms with Crippen LogP contribution in [-0.4, -0.2) is 36.2 Å². The average molecular weight is 394 g/mol. The largest absolute Gasteiger partial charge is 0.363 e. The summed E-state index contributed by atoms with van der Waals surface area (Å²) >= 11 is 1.65. The van der Waals surface area contributed by atoms with Crippen molar-refractivity contribution < 1.29 is 4.79 Å². The third kappa shape index (κ3) is 5.01. The van der Waals surface area contributed by atoms with Gasteiger partial charge in [0.15, 0.2) is 0 Å². The van der Waals surface area contributed by atoms with Gasteiger partial charge in [-0.3, -0.25) is 4.79 Å². The van der Waals surface area contributed by atoms with Crippen molar-refractivity contribution >= 4 is 40.8 Å².